The number of carbonyl (C=O) groups excluding carboxylic acids is 2. The molecule has 0 aliphatic carbocycles. The van der Waals surface area contributed by atoms with Crippen molar-refractivity contribution in [3.05, 3.63) is 0 Å². The number of amides is 2. The fraction of sp³-hybridized carbons (Fsp3) is 0.700. The zero-order valence-corrected chi connectivity index (χ0v) is 9.17. The Morgan fingerprint density at radius 1 is 1.20 bits per heavy atom. The molecule has 0 spiro atoms. The van der Waals surface area contributed by atoms with Crippen LogP contribution in [0.3, 0.4) is 0 Å². The van der Waals surface area contributed by atoms with Crippen LogP contribution in [-0.4, -0.2) is 23.8 Å². The minimum absolute atomic E-state index is 0.130. The van der Waals surface area contributed by atoms with Gasteiger partial charge in [-0.3, -0.25) is 20.2 Å². The van der Waals surface area contributed by atoms with Gasteiger partial charge in [0.25, 0.3) is 0 Å². The van der Waals surface area contributed by atoms with Crippen LogP contribution in [0.4, 0.5) is 0 Å². The molecule has 0 aromatic heterocycles. The molecule has 2 N–H and O–H groups in total. The fourth-order valence-electron chi connectivity index (χ4n) is 1.40. The highest BCUT2D eigenvalue weighted by Gasteiger charge is 2.25. The molecule has 2 amide bonds. The van der Waals surface area contributed by atoms with Gasteiger partial charge in [0.2, 0.25) is 5.96 Å². The summed E-state index contributed by atoms with van der Waals surface area (Å²) in [6.45, 7) is 4.12. The van der Waals surface area contributed by atoms with Crippen molar-refractivity contribution in [2.45, 2.75) is 45.6 Å². The van der Waals surface area contributed by atoms with Crippen molar-refractivity contribution in [2.24, 2.45) is 4.99 Å². The SMILES string of the molecule is CCCCCC(C)N=C1NC(=O)C(=O)N1. The smallest absolute Gasteiger partial charge is 0.288 e. The maximum Gasteiger partial charge on any atom is 0.316 e. The predicted molar refractivity (Wildman–Crippen MR) is 57.3 cm³/mol. The maximum atomic E-state index is 10.8. The van der Waals surface area contributed by atoms with Crippen molar-refractivity contribution in [2.75, 3.05) is 0 Å². The molecule has 1 rings (SSSR count). The number of hydrogen-bond donors (Lipinski definition) is 2. The number of aliphatic imine (C=N–C) groups is 1. The Hall–Kier alpha value is -1.39. The quantitative estimate of drug-likeness (QED) is 0.515. The van der Waals surface area contributed by atoms with E-state index in [0.717, 1.165) is 12.8 Å². The van der Waals surface area contributed by atoms with Crippen LogP contribution in [0.25, 0.3) is 0 Å². The van der Waals surface area contributed by atoms with Gasteiger partial charge >= 0.3 is 11.8 Å². The fourth-order valence-corrected chi connectivity index (χ4v) is 1.40. The molecule has 0 bridgehead atoms. The summed E-state index contributed by atoms with van der Waals surface area (Å²) < 4.78 is 0. The number of unbranched alkanes of at least 4 members (excludes halogenated alkanes) is 2. The van der Waals surface area contributed by atoms with Crippen molar-refractivity contribution >= 4 is 17.8 Å². The van der Waals surface area contributed by atoms with E-state index in [9.17, 15) is 9.59 Å². The summed E-state index contributed by atoms with van der Waals surface area (Å²) in [5.41, 5.74) is 0. The number of carbonyl (C=O) groups is 2. The van der Waals surface area contributed by atoms with Crippen LogP contribution >= 0.6 is 0 Å². The first kappa shape index (κ1) is 11.7. The minimum Gasteiger partial charge on any atom is -0.288 e. The molecule has 5 heteroatoms. The Balaban J connectivity index is 2.36. The van der Waals surface area contributed by atoms with Crippen molar-refractivity contribution < 1.29 is 9.59 Å². The summed E-state index contributed by atoms with van der Waals surface area (Å²) in [4.78, 5) is 25.8. The highest BCUT2D eigenvalue weighted by Crippen LogP contribution is 2.06. The van der Waals surface area contributed by atoms with E-state index in [1.165, 1.54) is 12.8 Å². The van der Waals surface area contributed by atoms with Crippen LogP contribution in [0.1, 0.15) is 39.5 Å². The lowest BCUT2D eigenvalue weighted by atomic mass is 10.1. The normalized spacial score (nSPS) is 17.3. The molecule has 1 aliphatic heterocycles. The van der Waals surface area contributed by atoms with E-state index in [0.29, 0.717) is 0 Å². The van der Waals surface area contributed by atoms with E-state index in [1.807, 2.05) is 6.92 Å². The third kappa shape index (κ3) is 3.69. The van der Waals surface area contributed by atoms with Crippen LogP contribution in [-0.2, 0) is 9.59 Å². The second-order valence-corrected chi connectivity index (χ2v) is 3.73. The minimum atomic E-state index is -0.630. The van der Waals surface area contributed by atoms with E-state index in [-0.39, 0.29) is 12.0 Å². The topological polar surface area (TPSA) is 70.6 Å². The molecular weight excluding hydrogens is 194 g/mol. The third-order valence-corrected chi connectivity index (χ3v) is 2.25. The first-order valence-corrected chi connectivity index (χ1v) is 5.33. The third-order valence-electron chi connectivity index (χ3n) is 2.25. The van der Waals surface area contributed by atoms with Gasteiger partial charge in [-0.2, -0.15) is 0 Å². The zero-order chi connectivity index (χ0) is 11.3. The van der Waals surface area contributed by atoms with Crippen LogP contribution in [0.15, 0.2) is 4.99 Å². The van der Waals surface area contributed by atoms with Gasteiger partial charge in [0.1, 0.15) is 0 Å². The molecule has 15 heavy (non-hydrogen) atoms. The lowest BCUT2D eigenvalue weighted by Gasteiger charge is -2.06. The molecule has 5 nitrogen and oxygen atoms in total. The van der Waals surface area contributed by atoms with Crippen molar-refractivity contribution in [3.63, 3.8) is 0 Å². The summed E-state index contributed by atoms with van der Waals surface area (Å²) >= 11 is 0. The Morgan fingerprint density at radius 2 is 1.80 bits per heavy atom. The monoisotopic (exact) mass is 211 g/mol. The predicted octanol–water partition coefficient (Wildman–Crippen LogP) is 0.557. The summed E-state index contributed by atoms with van der Waals surface area (Å²) in [6, 6.07) is 0.130. The van der Waals surface area contributed by atoms with E-state index >= 15 is 0 Å². The molecule has 1 unspecified atom stereocenters. The lowest BCUT2D eigenvalue weighted by molar-refractivity contribution is -0.135. The van der Waals surface area contributed by atoms with Gasteiger partial charge in [-0.15, -0.1) is 0 Å². The van der Waals surface area contributed by atoms with E-state index < -0.39 is 11.8 Å². The summed E-state index contributed by atoms with van der Waals surface area (Å²) in [5.74, 6) is -0.974. The van der Waals surface area contributed by atoms with Gasteiger partial charge in [0.15, 0.2) is 0 Å². The van der Waals surface area contributed by atoms with Gasteiger partial charge in [-0.1, -0.05) is 26.2 Å². The van der Waals surface area contributed by atoms with Gasteiger partial charge < -0.3 is 0 Å². The maximum absolute atomic E-state index is 10.8. The van der Waals surface area contributed by atoms with E-state index in [2.05, 4.69) is 22.5 Å². The van der Waals surface area contributed by atoms with E-state index in [4.69, 9.17) is 0 Å². The Morgan fingerprint density at radius 3 is 2.33 bits per heavy atom. The second kappa shape index (κ2) is 5.48. The molecule has 1 fully saturated rings. The Kier molecular flexibility index (Phi) is 4.27. The summed E-state index contributed by atoms with van der Waals surface area (Å²) in [7, 11) is 0. The molecule has 1 saturated heterocycles. The van der Waals surface area contributed by atoms with Gasteiger partial charge in [0, 0.05) is 0 Å². The van der Waals surface area contributed by atoms with Crippen LogP contribution in [0.5, 0.6) is 0 Å². The van der Waals surface area contributed by atoms with Crippen LogP contribution in [0.2, 0.25) is 0 Å². The zero-order valence-electron chi connectivity index (χ0n) is 9.17. The van der Waals surface area contributed by atoms with Crippen molar-refractivity contribution in [1.29, 1.82) is 0 Å². The van der Waals surface area contributed by atoms with Crippen LogP contribution < -0.4 is 10.6 Å². The molecule has 0 aromatic carbocycles. The summed E-state index contributed by atoms with van der Waals surface area (Å²) in [5, 5.41) is 4.75. The standard InChI is InChI=1S/C10H17N3O2/c1-3-4-5-6-7(2)11-10-12-8(14)9(15)13-10/h7H,3-6H2,1-2H3,(H2,11,12,13,14,15). The average molecular weight is 211 g/mol. The molecule has 84 valence electrons. The van der Waals surface area contributed by atoms with Crippen LogP contribution in [0, 0.1) is 0 Å². The van der Waals surface area contributed by atoms with Crippen molar-refractivity contribution in [3.8, 4) is 0 Å². The summed E-state index contributed by atoms with van der Waals surface area (Å²) in [6.07, 6.45) is 4.46. The largest absolute Gasteiger partial charge is 0.316 e. The molecule has 0 radical (unpaired) electrons. The van der Waals surface area contributed by atoms with Gasteiger partial charge in [-0.25, -0.2) is 4.99 Å². The van der Waals surface area contributed by atoms with Gasteiger partial charge in [-0.05, 0) is 13.3 Å². The van der Waals surface area contributed by atoms with E-state index in [1.54, 1.807) is 0 Å². The average Bonchev–Trinajstić information content (AvgIpc) is 2.46. The molecule has 1 aliphatic rings. The molecule has 1 heterocycles. The van der Waals surface area contributed by atoms with Gasteiger partial charge in [0.05, 0.1) is 6.04 Å². The second-order valence-electron chi connectivity index (χ2n) is 3.73. The Bertz CT molecular complexity index is 268. The number of nitrogens with one attached hydrogen (secondary N) is 2. The van der Waals surface area contributed by atoms with Crippen molar-refractivity contribution in [1.82, 2.24) is 10.6 Å². The first-order chi connectivity index (χ1) is 7.13. The number of nitrogens with zero attached hydrogens (tertiary/aromatic N) is 1. The lowest BCUT2D eigenvalue weighted by Crippen LogP contribution is -2.27. The number of guanidine groups is 1. The number of rotatable bonds is 5. The highest BCUT2D eigenvalue weighted by atomic mass is 16.2. The Labute approximate surface area is 89.3 Å². The first-order valence-electron chi connectivity index (χ1n) is 5.33. The highest BCUT2D eigenvalue weighted by molar-refractivity contribution is 6.45. The molecule has 0 aromatic rings. The molecule has 0 saturated carbocycles. The molecule has 1 atom stereocenters. The number of hydrogen-bond acceptors (Lipinski definition) is 3. The molecular formula is C10H17N3O2.